The van der Waals surface area contributed by atoms with Crippen molar-refractivity contribution in [2.45, 2.75) is 0 Å². The number of thiophene rings is 1. The van der Waals surface area contributed by atoms with Gasteiger partial charge in [0.25, 0.3) is 0 Å². The molecule has 7 aromatic carbocycles. The molecule has 0 radical (unpaired) electrons. The highest BCUT2D eigenvalue weighted by Gasteiger charge is 2.17. The maximum Gasteiger partial charge on any atom is 0.0979 e. The third kappa shape index (κ3) is 3.86. The molecule has 0 aliphatic rings. The molecular weight excluding hydrogens is 541 g/mol. The van der Waals surface area contributed by atoms with Crippen LogP contribution in [-0.2, 0) is 0 Å². The van der Waals surface area contributed by atoms with Crippen molar-refractivity contribution in [1.82, 2.24) is 9.97 Å². The van der Waals surface area contributed by atoms with E-state index in [4.69, 9.17) is 9.97 Å². The first-order valence-corrected chi connectivity index (χ1v) is 15.3. The minimum absolute atomic E-state index is 0.896. The van der Waals surface area contributed by atoms with Crippen LogP contribution in [0.3, 0.4) is 0 Å². The molecule has 0 saturated carbocycles. The van der Waals surface area contributed by atoms with Gasteiger partial charge in [0.1, 0.15) is 0 Å². The Morgan fingerprint density at radius 3 is 1.84 bits per heavy atom. The molecule has 0 spiro atoms. The highest BCUT2D eigenvalue weighted by molar-refractivity contribution is 7.26. The number of rotatable bonds is 3. The second-order valence-electron chi connectivity index (χ2n) is 11.0. The molecule has 0 N–H and O–H groups in total. The van der Waals surface area contributed by atoms with Crippen molar-refractivity contribution < 1.29 is 0 Å². The van der Waals surface area contributed by atoms with Crippen molar-refractivity contribution in [3.63, 3.8) is 0 Å². The van der Waals surface area contributed by atoms with Gasteiger partial charge in [0, 0.05) is 31.3 Å². The Balaban J connectivity index is 1.25. The Hall–Kier alpha value is -5.38. The molecule has 0 saturated heterocycles. The minimum Gasteiger partial charge on any atom is -0.244 e. The predicted molar refractivity (Wildman–Crippen MR) is 184 cm³/mol. The molecule has 0 amide bonds. The highest BCUT2D eigenvalue weighted by atomic mass is 32.1. The zero-order valence-electron chi connectivity index (χ0n) is 23.2. The zero-order chi connectivity index (χ0) is 28.3. The van der Waals surface area contributed by atoms with E-state index in [1.165, 1.54) is 52.8 Å². The van der Waals surface area contributed by atoms with Crippen LogP contribution in [0.2, 0.25) is 0 Å². The number of hydrogen-bond acceptors (Lipinski definition) is 3. The van der Waals surface area contributed by atoms with E-state index in [0.717, 1.165) is 33.5 Å². The fourth-order valence-corrected chi connectivity index (χ4v) is 7.66. The molecule has 0 aliphatic heterocycles. The largest absolute Gasteiger partial charge is 0.244 e. The Morgan fingerprint density at radius 1 is 0.395 bits per heavy atom. The fourth-order valence-electron chi connectivity index (χ4n) is 6.42. The Bertz CT molecular complexity index is 2510. The third-order valence-electron chi connectivity index (χ3n) is 8.47. The van der Waals surface area contributed by atoms with Crippen molar-refractivity contribution in [3.05, 3.63) is 146 Å². The molecule has 9 rings (SSSR count). The number of aromatic nitrogens is 2. The van der Waals surface area contributed by atoms with Gasteiger partial charge in [0.2, 0.25) is 0 Å². The van der Waals surface area contributed by atoms with Crippen LogP contribution in [0.4, 0.5) is 0 Å². The van der Waals surface area contributed by atoms with Crippen LogP contribution < -0.4 is 0 Å². The van der Waals surface area contributed by atoms with E-state index in [1.807, 2.05) is 41.7 Å². The molecule has 2 heterocycles. The second-order valence-corrected chi connectivity index (χ2v) is 12.0. The van der Waals surface area contributed by atoms with Gasteiger partial charge in [0.05, 0.1) is 22.4 Å². The molecule has 3 heteroatoms. The maximum absolute atomic E-state index is 5.20. The Morgan fingerprint density at radius 2 is 1.02 bits per heavy atom. The van der Waals surface area contributed by atoms with Crippen LogP contribution in [0.5, 0.6) is 0 Å². The van der Waals surface area contributed by atoms with E-state index in [2.05, 4.69) is 115 Å². The van der Waals surface area contributed by atoms with E-state index < -0.39 is 0 Å². The average molecular weight is 565 g/mol. The Labute approximate surface area is 252 Å². The van der Waals surface area contributed by atoms with Crippen LogP contribution in [-0.4, -0.2) is 9.97 Å². The fraction of sp³-hybridized carbons (Fsp3) is 0. The number of hydrogen-bond donors (Lipinski definition) is 0. The highest BCUT2D eigenvalue weighted by Crippen LogP contribution is 2.42. The summed E-state index contributed by atoms with van der Waals surface area (Å²) in [7, 11) is 0. The molecule has 43 heavy (non-hydrogen) atoms. The van der Waals surface area contributed by atoms with Gasteiger partial charge in [-0.1, -0.05) is 121 Å². The van der Waals surface area contributed by atoms with Crippen molar-refractivity contribution in [2.24, 2.45) is 0 Å². The van der Waals surface area contributed by atoms with E-state index in [1.54, 1.807) is 0 Å². The van der Waals surface area contributed by atoms with Gasteiger partial charge < -0.3 is 0 Å². The van der Waals surface area contributed by atoms with Crippen LogP contribution in [0.1, 0.15) is 0 Å². The minimum atomic E-state index is 0.896. The van der Waals surface area contributed by atoms with Crippen LogP contribution in [0.25, 0.3) is 86.4 Å². The summed E-state index contributed by atoms with van der Waals surface area (Å²) in [6.45, 7) is 0. The van der Waals surface area contributed by atoms with Gasteiger partial charge in [0.15, 0.2) is 0 Å². The summed E-state index contributed by atoms with van der Waals surface area (Å²) in [4.78, 5) is 10.3. The van der Waals surface area contributed by atoms with Gasteiger partial charge in [-0.25, -0.2) is 9.97 Å². The summed E-state index contributed by atoms with van der Waals surface area (Å²) in [5.74, 6) is 0. The summed E-state index contributed by atoms with van der Waals surface area (Å²) < 4.78 is 2.69. The molecule has 0 aliphatic carbocycles. The van der Waals surface area contributed by atoms with Crippen molar-refractivity contribution >= 4 is 64.1 Å². The first kappa shape index (κ1) is 24.2. The van der Waals surface area contributed by atoms with Crippen molar-refractivity contribution in [1.29, 1.82) is 0 Å². The standard InChI is InChI=1S/C40H24N2S/c1-2-10-25(11-3-1)38-39(42-36-16-8-7-15-35(36)41-38)33-23-22-28(30-12-4-5-13-31(30)33)26-18-20-29-27(24-26)19-21-34-32-14-6-9-17-37(32)43-40(29)34/h1-24H. The first-order chi connectivity index (χ1) is 21.3. The van der Waals surface area contributed by atoms with Gasteiger partial charge in [-0.3, -0.25) is 0 Å². The third-order valence-corrected chi connectivity index (χ3v) is 9.69. The smallest absolute Gasteiger partial charge is 0.0979 e. The van der Waals surface area contributed by atoms with Crippen LogP contribution in [0.15, 0.2) is 146 Å². The maximum atomic E-state index is 5.20. The van der Waals surface area contributed by atoms with Crippen LogP contribution in [0, 0.1) is 0 Å². The first-order valence-electron chi connectivity index (χ1n) is 14.5. The van der Waals surface area contributed by atoms with Gasteiger partial charge >= 0.3 is 0 Å². The van der Waals surface area contributed by atoms with Crippen molar-refractivity contribution in [3.8, 4) is 33.6 Å². The quantitative estimate of drug-likeness (QED) is 0.213. The van der Waals surface area contributed by atoms with E-state index >= 15 is 0 Å². The summed E-state index contributed by atoms with van der Waals surface area (Å²) in [5.41, 5.74) is 8.17. The van der Waals surface area contributed by atoms with Gasteiger partial charge in [-0.15, -0.1) is 11.3 Å². The molecule has 0 unspecified atom stereocenters. The lowest BCUT2D eigenvalue weighted by molar-refractivity contribution is 1.30. The van der Waals surface area contributed by atoms with Gasteiger partial charge in [-0.05, 0) is 56.9 Å². The molecular formula is C40H24N2S. The normalized spacial score (nSPS) is 11.7. The molecule has 2 nitrogen and oxygen atoms in total. The summed E-state index contributed by atoms with van der Waals surface area (Å²) in [5, 5.41) is 7.61. The summed E-state index contributed by atoms with van der Waals surface area (Å²) >= 11 is 1.88. The lowest BCUT2D eigenvalue weighted by Crippen LogP contribution is -1.96. The van der Waals surface area contributed by atoms with Crippen LogP contribution >= 0.6 is 11.3 Å². The summed E-state index contributed by atoms with van der Waals surface area (Å²) in [6.07, 6.45) is 0. The van der Waals surface area contributed by atoms with E-state index in [0.29, 0.717) is 0 Å². The number of benzene rings is 7. The zero-order valence-corrected chi connectivity index (χ0v) is 24.0. The summed E-state index contributed by atoms with van der Waals surface area (Å²) in [6, 6.07) is 51.8. The SMILES string of the molecule is c1ccc(-c2nc3ccccc3nc2-c2ccc(-c3ccc4c(ccc5c6ccccc6sc45)c3)c3ccccc23)cc1. The molecule has 2 aromatic heterocycles. The van der Waals surface area contributed by atoms with E-state index in [-0.39, 0.29) is 0 Å². The number of nitrogens with zero attached hydrogens (tertiary/aromatic N) is 2. The van der Waals surface area contributed by atoms with E-state index in [9.17, 15) is 0 Å². The molecule has 0 atom stereocenters. The van der Waals surface area contributed by atoms with Gasteiger partial charge in [-0.2, -0.15) is 0 Å². The number of fused-ring (bicyclic) bond motifs is 7. The second kappa shape index (κ2) is 9.59. The molecule has 200 valence electrons. The lowest BCUT2D eigenvalue weighted by Gasteiger charge is -2.15. The average Bonchev–Trinajstić information content (AvgIpc) is 3.46. The topological polar surface area (TPSA) is 25.8 Å². The molecule has 0 fully saturated rings. The monoisotopic (exact) mass is 564 g/mol. The Kier molecular flexibility index (Phi) is 5.40. The van der Waals surface area contributed by atoms with Crippen molar-refractivity contribution in [2.75, 3.05) is 0 Å². The molecule has 0 bridgehead atoms. The molecule has 9 aromatic rings. The predicted octanol–water partition coefficient (Wildman–Crippen LogP) is 11.3. The number of para-hydroxylation sites is 2. The lowest BCUT2D eigenvalue weighted by atomic mass is 9.91.